The SMILES string of the molecule is CC(O)CN(C)C(=O)[C@@H](C)N. The summed E-state index contributed by atoms with van der Waals surface area (Å²) in [6, 6.07) is -0.487. The van der Waals surface area contributed by atoms with Gasteiger partial charge >= 0.3 is 0 Å². The van der Waals surface area contributed by atoms with Crippen molar-refractivity contribution >= 4 is 5.91 Å². The molecule has 0 aliphatic carbocycles. The van der Waals surface area contributed by atoms with Crippen LogP contribution in [0.5, 0.6) is 0 Å². The number of carbonyl (C=O) groups excluding carboxylic acids is 1. The Labute approximate surface area is 67.0 Å². The number of hydrogen-bond acceptors (Lipinski definition) is 3. The van der Waals surface area contributed by atoms with E-state index in [9.17, 15) is 4.79 Å². The molecule has 11 heavy (non-hydrogen) atoms. The summed E-state index contributed by atoms with van der Waals surface area (Å²) in [6.07, 6.45) is -0.498. The number of aliphatic hydroxyl groups is 1. The minimum absolute atomic E-state index is 0.147. The number of hydrogen-bond donors (Lipinski definition) is 2. The zero-order chi connectivity index (χ0) is 9.02. The molecule has 0 aliphatic rings. The molecule has 0 fully saturated rings. The van der Waals surface area contributed by atoms with Crippen LogP contribution in [0, 0.1) is 0 Å². The van der Waals surface area contributed by atoms with Gasteiger partial charge in [0.25, 0.3) is 0 Å². The van der Waals surface area contributed by atoms with Gasteiger partial charge in [-0.1, -0.05) is 0 Å². The van der Waals surface area contributed by atoms with Crippen LogP contribution in [0.2, 0.25) is 0 Å². The standard InChI is InChI=1S/C7H16N2O2/c1-5(10)4-9(3)7(11)6(2)8/h5-6,10H,4,8H2,1-3H3/t5?,6-/m1/s1. The van der Waals surface area contributed by atoms with Gasteiger partial charge in [-0.3, -0.25) is 4.79 Å². The van der Waals surface area contributed by atoms with Crippen LogP contribution < -0.4 is 5.73 Å². The molecule has 2 atom stereocenters. The summed E-state index contributed by atoms with van der Waals surface area (Å²) in [5.74, 6) is -0.147. The monoisotopic (exact) mass is 160 g/mol. The molecule has 0 bridgehead atoms. The first-order chi connectivity index (χ1) is 4.95. The van der Waals surface area contributed by atoms with Crippen LogP contribution in [0.15, 0.2) is 0 Å². The molecule has 0 aliphatic heterocycles. The third-order valence-corrected chi connectivity index (χ3v) is 1.30. The van der Waals surface area contributed by atoms with Crippen LogP contribution in [-0.2, 0) is 4.79 Å². The Bertz CT molecular complexity index is 134. The lowest BCUT2D eigenvalue weighted by Crippen LogP contribution is -2.42. The fourth-order valence-corrected chi connectivity index (χ4v) is 0.834. The van der Waals surface area contributed by atoms with Gasteiger partial charge in [-0.15, -0.1) is 0 Å². The Morgan fingerprint density at radius 2 is 2.09 bits per heavy atom. The van der Waals surface area contributed by atoms with Gasteiger partial charge in [0, 0.05) is 13.6 Å². The van der Waals surface area contributed by atoms with Crippen molar-refractivity contribution in [3.63, 3.8) is 0 Å². The maximum atomic E-state index is 11.1. The van der Waals surface area contributed by atoms with Crippen LogP contribution in [0.3, 0.4) is 0 Å². The van der Waals surface area contributed by atoms with Gasteiger partial charge in [-0.25, -0.2) is 0 Å². The number of amides is 1. The van der Waals surface area contributed by atoms with E-state index in [0.717, 1.165) is 0 Å². The average molecular weight is 160 g/mol. The van der Waals surface area contributed by atoms with Crippen molar-refractivity contribution in [3.05, 3.63) is 0 Å². The molecule has 1 amide bonds. The molecule has 0 heterocycles. The van der Waals surface area contributed by atoms with Crippen molar-refractivity contribution in [3.8, 4) is 0 Å². The highest BCUT2D eigenvalue weighted by Gasteiger charge is 2.13. The molecule has 1 unspecified atom stereocenters. The summed E-state index contributed by atoms with van der Waals surface area (Å²) in [7, 11) is 1.62. The quantitative estimate of drug-likeness (QED) is 0.566. The Morgan fingerprint density at radius 1 is 1.64 bits per heavy atom. The van der Waals surface area contributed by atoms with Crippen LogP contribution in [-0.4, -0.2) is 41.7 Å². The summed E-state index contributed by atoms with van der Waals surface area (Å²) >= 11 is 0. The predicted molar refractivity (Wildman–Crippen MR) is 43.0 cm³/mol. The maximum absolute atomic E-state index is 11.1. The summed E-state index contributed by atoms with van der Waals surface area (Å²) in [6.45, 7) is 3.59. The molecule has 4 nitrogen and oxygen atoms in total. The summed E-state index contributed by atoms with van der Waals surface area (Å²) in [4.78, 5) is 12.5. The lowest BCUT2D eigenvalue weighted by atomic mass is 10.3. The van der Waals surface area contributed by atoms with E-state index in [-0.39, 0.29) is 5.91 Å². The van der Waals surface area contributed by atoms with Crippen molar-refractivity contribution in [2.24, 2.45) is 5.73 Å². The van der Waals surface area contributed by atoms with Crippen LogP contribution in [0.4, 0.5) is 0 Å². The Kier molecular flexibility index (Phi) is 4.07. The van der Waals surface area contributed by atoms with E-state index in [2.05, 4.69) is 0 Å². The minimum atomic E-state index is -0.498. The van der Waals surface area contributed by atoms with Gasteiger partial charge in [0.05, 0.1) is 12.1 Å². The second-order valence-electron chi connectivity index (χ2n) is 2.86. The van der Waals surface area contributed by atoms with Crippen molar-refractivity contribution in [1.82, 2.24) is 4.90 Å². The molecule has 0 rings (SSSR count). The van der Waals surface area contributed by atoms with Crippen molar-refractivity contribution in [2.45, 2.75) is 26.0 Å². The molecular weight excluding hydrogens is 144 g/mol. The first kappa shape index (κ1) is 10.4. The maximum Gasteiger partial charge on any atom is 0.239 e. The first-order valence-corrected chi connectivity index (χ1v) is 3.63. The predicted octanol–water partition coefficient (Wildman–Crippen LogP) is -0.827. The Hall–Kier alpha value is -0.610. The highest BCUT2D eigenvalue weighted by Crippen LogP contribution is 1.91. The second-order valence-corrected chi connectivity index (χ2v) is 2.86. The summed E-state index contributed by atoms with van der Waals surface area (Å²) < 4.78 is 0. The van der Waals surface area contributed by atoms with Gasteiger partial charge in [0.15, 0.2) is 0 Å². The molecule has 66 valence electrons. The van der Waals surface area contributed by atoms with E-state index in [1.165, 1.54) is 4.90 Å². The zero-order valence-corrected chi connectivity index (χ0v) is 7.24. The number of rotatable bonds is 3. The first-order valence-electron chi connectivity index (χ1n) is 3.63. The largest absolute Gasteiger partial charge is 0.392 e. The lowest BCUT2D eigenvalue weighted by Gasteiger charge is -2.20. The van der Waals surface area contributed by atoms with Crippen molar-refractivity contribution in [2.75, 3.05) is 13.6 Å². The number of likely N-dealkylation sites (N-methyl/N-ethyl adjacent to an activating group) is 1. The number of nitrogens with two attached hydrogens (primary N) is 1. The molecule has 4 heteroatoms. The van der Waals surface area contributed by atoms with Crippen LogP contribution in [0.25, 0.3) is 0 Å². The molecule has 0 radical (unpaired) electrons. The normalized spacial score (nSPS) is 15.7. The van der Waals surface area contributed by atoms with Crippen molar-refractivity contribution in [1.29, 1.82) is 0 Å². The smallest absolute Gasteiger partial charge is 0.239 e. The average Bonchev–Trinajstić information content (AvgIpc) is 1.84. The second kappa shape index (κ2) is 4.31. The Morgan fingerprint density at radius 3 is 2.36 bits per heavy atom. The van der Waals surface area contributed by atoms with E-state index in [0.29, 0.717) is 6.54 Å². The molecule has 0 saturated heterocycles. The van der Waals surface area contributed by atoms with Gasteiger partial charge in [0.2, 0.25) is 5.91 Å². The van der Waals surface area contributed by atoms with Gasteiger partial charge < -0.3 is 15.7 Å². The van der Waals surface area contributed by atoms with Crippen LogP contribution >= 0.6 is 0 Å². The van der Waals surface area contributed by atoms with E-state index in [4.69, 9.17) is 10.8 Å². The number of carbonyl (C=O) groups is 1. The number of nitrogens with zero attached hydrogens (tertiary/aromatic N) is 1. The molecule has 0 saturated carbocycles. The Balaban J connectivity index is 3.83. The highest BCUT2D eigenvalue weighted by atomic mass is 16.3. The summed E-state index contributed by atoms with van der Waals surface area (Å²) in [5.41, 5.74) is 5.34. The molecule has 0 aromatic heterocycles. The van der Waals surface area contributed by atoms with Gasteiger partial charge in [-0.05, 0) is 13.8 Å². The van der Waals surface area contributed by atoms with Crippen LogP contribution in [0.1, 0.15) is 13.8 Å². The van der Waals surface area contributed by atoms with E-state index in [1.807, 2.05) is 0 Å². The third kappa shape index (κ3) is 3.95. The topological polar surface area (TPSA) is 66.6 Å². The molecule has 0 spiro atoms. The lowest BCUT2D eigenvalue weighted by molar-refractivity contribution is -0.132. The fraction of sp³-hybridized carbons (Fsp3) is 0.857. The zero-order valence-electron chi connectivity index (χ0n) is 7.24. The fourth-order valence-electron chi connectivity index (χ4n) is 0.834. The van der Waals surface area contributed by atoms with Gasteiger partial charge in [0.1, 0.15) is 0 Å². The number of aliphatic hydroxyl groups excluding tert-OH is 1. The third-order valence-electron chi connectivity index (χ3n) is 1.30. The highest BCUT2D eigenvalue weighted by molar-refractivity contribution is 5.80. The molecule has 0 aromatic rings. The van der Waals surface area contributed by atoms with E-state index >= 15 is 0 Å². The molecule has 3 N–H and O–H groups in total. The van der Waals surface area contributed by atoms with Gasteiger partial charge in [-0.2, -0.15) is 0 Å². The van der Waals surface area contributed by atoms with Crippen molar-refractivity contribution < 1.29 is 9.90 Å². The summed E-state index contributed by atoms with van der Waals surface area (Å²) in [5, 5.41) is 8.92. The molecular formula is C7H16N2O2. The van der Waals surface area contributed by atoms with E-state index < -0.39 is 12.1 Å². The van der Waals surface area contributed by atoms with E-state index in [1.54, 1.807) is 20.9 Å². The minimum Gasteiger partial charge on any atom is -0.392 e. The molecule has 0 aromatic carbocycles.